The fourth-order valence-electron chi connectivity index (χ4n) is 4.58. The van der Waals surface area contributed by atoms with Gasteiger partial charge in [0.25, 0.3) is 5.91 Å². The third kappa shape index (κ3) is 7.03. The molecule has 0 saturated heterocycles. The zero-order valence-corrected chi connectivity index (χ0v) is 25.2. The Balaban J connectivity index is 1.77. The minimum atomic E-state index is -1.06. The summed E-state index contributed by atoms with van der Waals surface area (Å²) >= 11 is 0.934. The van der Waals surface area contributed by atoms with Crippen LogP contribution in [0, 0.1) is 6.92 Å². The second-order valence-electron chi connectivity index (χ2n) is 9.71. The fraction of sp³-hybridized carbons (Fsp3) is 0.273. The van der Waals surface area contributed by atoms with Gasteiger partial charge < -0.3 is 19.3 Å². The van der Waals surface area contributed by atoms with Crippen LogP contribution in [0.25, 0.3) is 6.08 Å². The molecule has 4 rings (SSSR count). The summed E-state index contributed by atoms with van der Waals surface area (Å²) in [5.74, 6) is -1.77. The van der Waals surface area contributed by atoms with Crippen molar-refractivity contribution >= 4 is 40.2 Å². The van der Waals surface area contributed by atoms with Crippen molar-refractivity contribution in [2.24, 2.45) is 0 Å². The molecular weight excluding hydrogens is 568 g/mol. The van der Waals surface area contributed by atoms with Gasteiger partial charge in [-0.25, -0.2) is 9.78 Å². The lowest BCUT2D eigenvalue weighted by Crippen LogP contribution is -2.30. The summed E-state index contributed by atoms with van der Waals surface area (Å²) in [6.07, 6.45) is 7.35. The van der Waals surface area contributed by atoms with Crippen LogP contribution < -0.4 is 14.4 Å². The molecule has 1 atom stereocenters. The number of benzene rings is 2. The molecular formula is C33H34N2O7S. The number of aryl methyl sites for hydroxylation is 1. The highest BCUT2D eigenvalue weighted by molar-refractivity contribution is 7.17. The summed E-state index contributed by atoms with van der Waals surface area (Å²) in [6.45, 7) is 7.80. The molecule has 3 aromatic rings. The number of carbonyl (C=O) groups excluding carboxylic acids is 3. The van der Waals surface area contributed by atoms with E-state index in [-0.39, 0.29) is 22.2 Å². The Morgan fingerprint density at radius 1 is 1.14 bits per heavy atom. The molecule has 0 radical (unpaired) electrons. The number of thiazole rings is 1. The summed E-state index contributed by atoms with van der Waals surface area (Å²) in [5.41, 5.74) is 1.48. The molecule has 1 unspecified atom stereocenters. The molecule has 224 valence electrons. The van der Waals surface area contributed by atoms with Crippen molar-refractivity contribution in [2.45, 2.75) is 39.2 Å². The number of methoxy groups -OCH3 is 1. The van der Waals surface area contributed by atoms with Gasteiger partial charge in [0.15, 0.2) is 28.2 Å². The third-order valence-corrected chi connectivity index (χ3v) is 7.86. The zero-order chi connectivity index (χ0) is 30.9. The molecule has 1 amide bonds. The summed E-state index contributed by atoms with van der Waals surface area (Å²) < 4.78 is 16.7. The van der Waals surface area contributed by atoms with Gasteiger partial charge in [-0.1, -0.05) is 86.2 Å². The quantitative estimate of drug-likeness (QED) is 0.0956. The predicted molar refractivity (Wildman–Crippen MR) is 166 cm³/mol. The van der Waals surface area contributed by atoms with Crippen molar-refractivity contribution < 1.29 is 33.7 Å². The molecule has 1 aliphatic heterocycles. The van der Waals surface area contributed by atoms with Crippen LogP contribution in [-0.2, 0) is 14.3 Å². The van der Waals surface area contributed by atoms with E-state index in [9.17, 15) is 19.5 Å². The largest absolute Gasteiger partial charge is 0.503 e. The first kappa shape index (κ1) is 31.2. The zero-order valence-electron chi connectivity index (χ0n) is 24.4. The van der Waals surface area contributed by atoms with E-state index in [0.717, 1.165) is 36.2 Å². The number of unbranched alkanes of at least 4 members (excludes halogenated alkanes) is 2. The molecule has 0 saturated carbocycles. The summed E-state index contributed by atoms with van der Waals surface area (Å²) in [7, 11) is 1.50. The highest BCUT2D eigenvalue weighted by Gasteiger charge is 2.45. The maximum Gasteiger partial charge on any atom is 0.350 e. The van der Waals surface area contributed by atoms with Crippen LogP contribution in [0.2, 0.25) is 0 Å². The number of aliphatic hydroxyl groups excluding tert-OH is 1. The Morgan fingerprint density at radius 3 is 2.60 bits per heavy atom. The van der Waals surface area contributed by atoms with Crippen LogP contribution in [0.5, 0.6) is 11.5 Å². The van der Waals surface area contributed by atoms with Crippen LogP contribution in [0.15, 0.2) is 78.6 Å². The average Bonchev–Trinajstić information content (AvgIpc) is 3.53. The highest BCUT2D eigenvalue weighted by atomic mass is 32.1. The van der Waals surface area contributed by atoms with Gasteiger partial charge in [0.1, 0.15) is 11.5 Å². The van der Waals surface area contributed by atoms with Gasteiger partial charge in [-0.05, 0) is 42.7 Å². The molecule has 2 heterocycles. The first-order valence-electron chi connectivity index (χ1n) is 13.9. The van der Waals surface area contributed by atoms with Crippen LogP contribution in [0.1, 0.15) is 58.7 Å². The van der Waals surface area contributed by atoms with Crippen molar-refractivity contribution in [3.63, 3.8) is 0 Å². The molecule has 1 aliphatic rings. The second kappa shape index (κ2) is 14.5. The number of aromatic nitrogens is 1. The van der Waals surface area contributed by atoms with Crippen LogP contribution in [-0.4, -0.2) is 48.1 Å². The Hall–Kier alpha value is -4.70. The number of hydrogen-bond donors (Lipinski definition) is 1. The van der Waals surface area contributed by atoms with E-state index in [4.69, 9.17) is 14.2 Å². The van der Waals surface area contributed by atoms with E-state index in [1.807, 2.05) is 30.3 Å². The highest BCUT2D eigenvalue weighted by Crippen LogP contribution is 2.45. The van der Waals surface area contributed by atoms with Gasteiger partial charge in [0, 0.05) is 0 Å². The van der Waals surface area contributed by atoms with Crippen molar-refractivity contribution in [3.05, 3.63) is 100 Å². The Labute approximate surface area is 254 Å². The van der Waals surface area contributed by atoms with Gasteiger partial charge in [0.2, 0.25) is 0 Å². The molecule has 9 nitrogen and oxygen atoms in total. The van der Waals surface area contributed by atoms with Gasteiger partial charge in [-0.3, -0.25) is 14.5 Å². The number of allylic oxidation sites excluding steroid dienone is 1. The molecule has 0 fully saturated rings. The monoisotopic (exact) mass is 602 g/mol. The van der Waals surface area contributed by atoms with Crippen molar-refractivity contribution in [1.29, 1.82) is 0 Å². The maximum absolute atomic E-state index is 13.6. The molecule has 0 bridgehead atoms. The number of aliphatic hydroxyl groups is 1. The molecule has 10 heteroatoms. The number of ether oxygens (including phenoxy) is 3. The Morgan fingerprint density at radius 2 is 1.91 bits per heavy atom. The fourth-order valence-corrected chi connectivity index (χ4v) is 5.57. The first-order chi connectivity index (χ1) is 20.8. The van der Waals surface area contributed by atoms with Gasteiger partial charge >= 0.3 is 5.97 Å². The average molecular weight is 603 g/mol. The van der Waals surface area contributed by atoms with E-state index < -0.39 is 29.5 Å². The molecule has 43 heavy (non-hydrogen) atoms. The normalized spacial score (nSPS) is 14.8. The van der Waals surface area contributed by atoms with Gasteiger partial charge in [-0.2, -0.15) is 0 Å². The lowest BCUT2D eigenvalue weighted by Gasteiger charge is -2.25. The van der Waals surface area contributed by atoms with Crippen molar-refractivity contribution in [1.82, 2.24) is 4.98 Å². The van der Waals surface area contributed by atoms with Crippen molar-refractivity contribution in [3.8, 4) is 11.5 Å². The predicted octanol–water partition coefficient (Wildman–Crippen LogP) is 6.55. The number of nitrogens with zero attached hydrogens (tertiary/aromatic N) is 2. The van der Waals surface area contributed by atoms with Crippen LogP contribution in [0.4, 0.5) is 5.13 Å². The Bertz CT molecular complexity index is 1560. The number of amides is 1. The topological polar surface area (TPSA) is 115 Å². The number of hydrogen-bond acceptors (Lipinski definition) is 9. The van der Waals surface area contributed by atoms with Crippen molar-refractivity contribution in [2.75, 3.05) is 25.2 Å². The Kier molecular flexibility index (Phi) is 10.5. The van der Waals surface area contributed by atoms with Crippen LogP contribution >= 0.6 is 11.3 Å². The SMILES string of the molecule is C=CCOC(=O)c1sc(N2C(=O)C(O)=C(C(=O)/C=C/c3ccccc3)C2c2ccc(OCCCCC)c(OC)c2)nc1C. The number of rotatable bonds is 14. The van der Waals surface area contributed by atoms with Gasteiger partial charge in [0.05, 0.1) is 31.0 Å². The van der Waals surface area contributed by atoms with E-state index in [1.165, 1.54) is 24.2 Å². The number of esters is 1. The van der Waals surface area contributed by atoms with E-state index in [0.29, 0.717) is 29.4 Å². The second-order valence-corrected chi connectivity index (χ2v) is 10.7. The van der Waals surface area contributed by atoms with E-state index in [1.54, 1.807) is 31.2 Å². The maximum atomic E-state index is 13.6. The molecule has 0 spiro atoms. The molecule has 2 aromatic carbocycles. The lowest BCUT2D eigenvalue weighted by atomic mass is 9.95. The van der Waals surface area contributed by atoms with Gasteiger partial charge in [-0.15, -0.1) is 0 Å². The number of anilines is 1. The third-order valence-electron chi connectivity index (χ3n) is 6.72. The number of carbonyl (C=O) groups is 3. The molecule has 1 N–H and O–H groups in total. The first-order valence-corrected chi connectivity index (χ1v) is 14.7. The molecule has 1 aromatic heterocycles. The van der Waals surface area contributed by atoms with Crippen LogP contribution in [0.3, 0.4) is 0 Å². The standard InChI is InChI=1S/C33H34N2O7S/c1-5-7-11-19-41-25-17-15-23(20-26(25)40-4)28-27(24(36)16-14-22-12-9-8-10-13-22)29(37)31(38)35(28)33-34-21(3)30(43-33)32(39)42-18-6-2/h6,8-10,12-17,20,28,37H,2,5,7,11,18-19H2,1,3-4H3/b16-14+. The minimum absolute atomic E-state index is 0.0121. The van der Waals surface area contributed by atoms with E-state index >= 15 is 0 Å². The minimum Gasteiger partial charge on any atom is -0.503 e. The summed E-state index contributed by atoms with van der Waals surface area (Å²) in [5, 5.41) is 11.2. The van der Waals surface area contributed by atoms with E-state index in [2.05, 4.69) is 18.5 Å². The molecule has 0 aliphatic carbocycles. The summed E-state index contributed by atoms with van der Waals surface area (Å²) in [4.78, 5) is 45.7. The lowest BCUT2D eigenvalue weighted by molar-refractivity contribution is -0.117. The smallest absolute Gasteiger partial charge is 0.350 e. The summed E-state index contributed by atoms with van der Waals surface area (Å²) in [6, 6.07) is 13.2. The number of ketones is 1.